The molecule has 1 heterocycles. The van der Waals surface area contributed by atoms with E-state index in [9.17, 15) is 14.4 Å². The second-order valence-corrected chi connectivity index (χ2v) is 13.6. The first-order valence-electron chi connectivity index (χ1n) is 16.0. The highest BCUT2D eigenvalue weighted by Crippen LogP contribution is 2.49. The molecule has 0 saturated heterocycles. The largest absolute Gasteiger partial charge is 0.497 e. The van der Waals surface area contributed by atoms with Crippen molar-refractivity contribution in [1.29, 1.82) is 0 Å². The van der Waals surface area contributed by atoms with E-state index in [1.807, 2.05) is 84.6 Å². The molecule has 8 nitrogen and oxygen atoms in total. The lowest BCUT2D eigenvalue weighted by Crippen LogP contribution is -2.35. The molecule has 3 amide bonds. The molecule has 0 radical (unpaired) electrons. The monoisotopic (exact) mass is 701 g/mol. The summed E-state index contributed by atoms with van der Waals surface area (Å²) in [6.07, 6.45) is 2.14. The van der Waals surface area contributed by atoms with Crippen LogP contribution in [0.4, 0.5) is 17.1 Å². The third-order valence-corrected chi connectivity index (χ3v) is 10.4. The lowest BCUT2D eigenvalue weighted by atomic mass is 10.1. The lowest BCUT2D eigenvalue weighted by Gasteiger charge is -2.33. The molecule has 1 aliphatic rings. The summed E-state index contributed by atoms with van der Waals surface area (Å²) in [5.41, 5.74) is 3.18. The van der Waals surface area contributed by atoms with Crippen LogP contribution in [0.2, 0.25) is 0 Å². The Bertz CT molecular complexity index is 2020. The Kier molecular flexibility index (Phi) is 10.9. The van der Waals surface area contributed by atoms with Gasteiger partial charge in [-0.3, -0.25) is 19.3 Å². The molecule has 6 rings (SSSR count). The van der Waals surface area contributed by atoms with Crippen molar-refractivity contribution in [1.82, 2.24) is 5.32 Å². The van der Waals surface area contributed by atoms with Crippen molar-refractivity contribution in [3.63, 3.8) is 0 Å². The summed E-state index contributed by atoms with van der Waals surface area (Å²) in [4.78, 5) is 46.0. The summed E-state index contributed by atoms with van der Waals surface area (Å²) >= 11 is 3.10. The van der Waals surface area contributed by atoms with E-state index in [0.717, 1.165) is 26.1 Å². The number of methoxy groups -OCH3 is 2. The Hall–Kier alpha value is -5.45. The van der Waals surface area contributed by atoms with Gasteiger partial charge < -0.3 is 20.1 Å². The molecule has 0 fully saturated rings. The van der Waals surface area contributed by atoms with Crippen LogP contribution in [0.15, 0.2) is 142 Å². The molecular formula is C40H35N3O5S2. The Labute approximate surface area is 299 Å². The van der Waals surface area contributed by atoms with Crippen molar-refractivity contribution in [2.45, 2.75) is 33.3 Å². The number of nitrogens with zero attached hydrogens (tertiary/aromatic N) is 1. The quantitative estimate of drug-likeness (QED) is 0.105. The average Bonchev–Trinajstić information content (AvgIpc) is 3.15. The van der Waals surface area contributed by atoms with Crippen LogP contribution in [-0.4, -0.2) is 37.2 Å². The van der Waals surface area contributed by atoms with Crippen LogP contribution in [0.3, 0.4) is 0 Å². The number of carbonyl (C=O) groups excluding carboxylic acids is 3. The van der Waals surface area contributed by atoms with E-state index in [-0.39, 0.29) is 11.6 Å². The van der Waals surface area contributed by atoms with Crippen LogP contribution < -0.4 is 25.0 Å². The Balaban J connectivity index is 1.25. The first kappa shape index (κ1) is 34.4. The standard InChI is InChI=1S/C40H35N3O5S2/c1-4-35(40(46)43-32-17-8-10-19-36(32)50-37-20-11-9-18-33(37)43)49-30-16-12-15-28(25-30)41-39(45)31(42-38(44)26-13-6-5-7-14-26)24-27-23-29(47-2)21-22-34(27)48-3/h5-25,35H,4H2,1-3H3,(H,41,45)(H,42,44)/b31-24+. The van der Waals surface area contributed by atoms with Gasteiger partial charge in [-0.25, -0.2) is 0 Å². The van der Waals surface area contributed by atoms with Gasteiger partial charge in [0.2, 0.25) is 5.91 Å². The van der Waals surface area contributed by atoms with Gasteiger partial charge in [0, 0.05) is 31.5 Å². The van der Waals surface area contributed by atoms with Crippen LogP contribution >= 0.6 is 23.5 Å². The smallest absolute Gasteiger partial charge is 0.272 e. The zero-order valence-corrected chi connectivity index (χ0v) is 29.3. The molecule has 0 saturated carbocycles. The minimum atomic E-state index is -0.538. The van der Waals surface area contributed by atoms with E-state index in [0.29, 0.717) is 34.7 Å². The van der Waals surface area contributed by atoms with Crippen molar-refractivity contribution < 1.29 is 23.9 Å². The summed E-state index contributed by atoms with van der Waals surface area (Å²) in [7, 11) is 3.08. The van der Waals surface area contributed by atoms with E-state index in [1.165, 1.54) is 18.9 Å². The van der Waals surface area contributed by atoms with Crippen LogP contribution in [0.5, 0.6) is 11.5 Å². The average molecular weight is 702 g/mol. The van der Waals surface area contributed by atoms with Crippen molar-refractivity contribution in [2.75, 3.05) is 24.4 Å². The summed E-state index contributed by atoms with van der Waals surface area (Å²) in [5, 5.41) is 5.30. The van der Waals surface area contributed by atoms with Gasteiger partial charge in [0.05, 0.1) is 30.8 Å². The summed E-state index contributed by atoms with van der Waals surface area (Å²) in [5.74, 6) is 0.0564. The van der Waals surface area contributed by atoms with E-state index in [1.54, 1.807) is 73.5 Å². The maximum atomic E-state index is 14.3. The number of hydrogen-bond donors (Lipinski definition) is 2. The van der Waals surface area contributed by atoms with Gasteiger partial charge in [-0.05, 0) is 85.3 Å². The number of nitrogens with one attached hydrogen (secondary N) is 2. The number of para-hydroxylation sites is 2. The minimum Gasteiger partial charge on any atom is -0.497 e. The number of benzene rings is 5. The number of hydrogen-bond acceptors (Lipinski definition) is 7. The third-order valence-electron chi connectivity index (χ3n) is 7.93. The third kappa shape index (κ3) is 7.72. The fraction of sp³-hybridized carbons (Fsp3) is 0.125. The van der Waals surface area contributed by atoms with Crippen LogP contribution in [0, 0.1) is 0 Å². The SMILES string of the molecule is CCC(Sc1cccc(NC(=O)/C(=C\c2cc(OC)ccc2OC)NC(=O)c2ccccc2)c1)C(=O)N1c2ccccc2Sc2ccccc21. The lowest BCUT2D eigenvalue weighted by molar-refractivity contribution is -0.117. The van der Waals surface area contributed by atoms with Crippen molar-refractivity contribution >= 4 is 64.4 Å². The predicted octanol–water partition coefficient (Wildman–Crippen LogP) is 8.81. The highest BCUT2D eigenvalue weighted by molar-refractivity contribution is 8.00. The van der Waals surface area contributed by atoms with Crippen LogP contribution in [0.25, 0.3) is 6.08 Å². The fourth-order valence-electron chi connectivity index (χ4n) is 5.45. The predicted molar refractivity (Wildman–Crippen MR) is 201 cm³/mol. The minimum absolute atomic E-state index is 0.00498. The van der Waals surface area contributed by atoms with Gasteiger partial charge in [-0.2, -0.15) is 0 Å². The summed E-state index contributed by atoms with van der Waals surface area (Å²) in [6, 6.07) is 37.1. The van der Waals surface area contributed by atoms with Gasteiger partial charge in [0.1, 0.15) is 17.2 Å². The molecule has 5 aromatic rings. The highest BCUT2D eigenvalue weighted by atomic mass is 32.2. The molecular weight excluding hydrogens is 667 g/mol. The van der Waals surface area contributed by atoms with Gasteiger partial charge >= 0.3 is 0 Å². The van der Waals surface area contributed by atoms with Gasteiger partial charge in [-0.15, -0.1) is 11.8 Å². The number of thioether (sulfide) groups is 1. The zero-order valence-electron chi connectivity index (χ0n) is 27.7. The first-order valence-corrected chi connectivity index (χ1v) is 17.7. The van der Waals surface area contributed by atoms with E-state index in [4.69, 9.17) is 9.47 Å². The number of anilines is 3. The molecule has 1 aliphatic heterocycles. The molecule has 0 bridgehead atoms. The van der Waals surface area contributed by atoms with Crippen LogP contribution in [0.1, 0.15) is 29.3 Å². The summed E-state index contributed by atoms with van der Waals surface area (Å²) in [6.45, 7) is 2.00. The number of amides is 3. The number of carbonyl (C=O) groups is 3. The maximum absolute atomic E-state index is 14.3. The molecule has 0 aliphatic carbocycles. The first-order chi connectivity index (χ1) is 24.4. The molecule has 0 aromatic heterocycles. The molecule has 10 heteroatoms. The van der Waals surface area contributed by atoms with E-state index in [2.05, 4.69) is 10.6 Å². The topological polar surface area (TPSA) is 97.0 Å². The van der Waals surface area contributed by atoms with Gasteiger partial charge in [0.15, 0.2) is 0 Å². The molecule has 1 atom stereocenters. The maximum Gasteiger partial charge on any atom is 0.272 e. The normalized spacial score (nSPS) is 12.6. The Morgan fingerprint density at radius 2 is 1.48 bits per heavy atom. The number of fused-ring (bicyclic) bond motifs is 2. The van der Waals surface area contributed by atoms with E-state index < -0.39 is 17.1 Å². The number of ether oxygens (including phenoxy) is 2. The molecule has 0 spiro atoms. The Morgan fingerprint density at radius 1 is 0.800 bits per heavy atom. The van der Waals surface area contributed by atoms with E-state index >= 15 is 0 Å². The molecule has 50 heavy (non-hydrogen) atoms. The van der Waals surface area contributed by atoms with Gasteiger partial charge in [-0.1, -0.05) is 67.2 Å². The number of rotatable bonds is 11. The Morgan fingerprint density at radius 3 is 2.14 bits per heavy atom. The van der Waals surface area contributed by atoms with Crippen LogP contribution in [-0.2, 0) is 9.59 Å². The second-order valence-electron chi connectivity index (χ2n) is 11.2. The summed E-state index contributed by atoms with van der Waals surface area (Å²) < 4.78 is 10.9. The van der Waals surface area contributed by atoms with Crippen molar-refractivity contribution in [3.05, 3.63) is 138 Å². The zero-order chi connectivity index (χ0) is 35.0. The van der Waals surface area contributed by atoms with Crippen molar-refractivity contribution in [3.8, 4) is 11.5 Å². The molecule has 252 valence electrons. The van der Waals surface area contributed by atoms with Gasteiger partial charge in [0.25, 0.3) is 11.8 Å². The molecule has 5 aromatic carbocycles. The highest BCUT2D eigenvalue weighted by Gasteiger charge is 2.32. The van der Waals surface area contributed by atoms with Crippen molar-refractivity contribution in [2.24, 2.45) is 0 Å². The molecule has 2 N–H and O–H groups in total. The fourth-order valence-corrected chi connectivity index (χ4v) is 7.57. The second kappa shape index (κ2) is 15.8. The molecule has 1 unspecified atom stereocenters.